The Morgan fingerprint density at radius 2 is 1.12 bits per heavy atom. The van der Waals surface area contributed by atoms with Crippen molar-refractivity contribution in [3.8, 4) is 5.75 Å². The molecule has 0 saturated carbocycles. The molecule has 2 unspecified atom stereocenters. The SMILES string of the molecule is COc1ccc(CN2C(=O)C(Cc3ccccc3Cl)N=C(c3cnc4[nH]c(=O)[nH]c4c3)c3cc(Cl)ccc32)cc1.O=C1Cc2ccc(Cl)cc2C(c2cnc3[nH]c(=O)[nH]c3c2)=NC1Cc1ccccc1Cl.[Cl][Al]([Cl])[Cl]. The van der Waals surface area contributed by atoms with Crippen LogP contribution in [0.5, 0.6) is 5.75 Å². The Hall–Kier alpha value is -6.22. The van der Waals surface area contributed by atoms with Gasteiger partial charge in [0.05, 0.1) is 41.8 Å². The van der Waals surface area contributed by atoms with Gasteiger partial charge in [0.2, 0.25) is 0 Å². The van der Waals surface area contributed by atoms with Crippen molar-refractivity contribution in [1.82, 2.24) is 29.9 Å². The number of pyridine rings is 2. The number of benzodiazepines with no additional fused rings is 1. The zero-order chi connectivity index (χ0) is 52.9. The van der Waals surface area contributed by atoms with Gasteiger partial charge in [-0.25, -0.2) is 49.7 Å². The summed E-state index contributed by atoms with van der Waals surface area (Å²) in [6.07, 6.45) is 4.19. The molecule has 11 rings (SSSR count). The normalized spacial score (nSPS) is 15.1. The third-order valence-corrected chi connectivity index (χ3v) is 13.4. The predicted octanol–water partition coefficient (Wildman–Crippen LogP) is 11.4. The number of carbonyl (C=O) groups is 2. The van der Waals surface area contributed by atoms with Gasteiger partial charge in [0.25, 0.3) is 5.91 Å². The van der Waals surface area contributed by atoms with Crippen LogP contribution in [0.2, 0.25) is 20.1 Å². The van der Waals surface area contributed by atoms with E-state index >= 15 is 0 Å². The van der Waals surface area contributed by atoms with E-state index in [4.69, 9.17) is 91.3 Å². The standard InChI is InChI=1S/C30H23Cl2N5O3.C23H16Cl2N4O2.Al.3ClH/c1-40-21-9-6-17(7-10-21)16-37-26-11-8-20(31)14-22(26)27(19-13-24-28(33-15-19)36-30(39)35-24)34-25(29(37)38)12-18-4-2-3-5-23(18)32;24-15-6-5-12-9-20(30)18(7-13-3-1-2-4-17(13)25)27-21(16(12)10-15)14-8-19-22(26-11-14)29-23(31)28-19;;;;/h2-11,13-15,25H,12,16H2,1H3,(H2,33,35,36,39);1-6,8,10-11,18H,7,9H2,(H2,26,28,29,31);;3*1H/q;;+3;;;/p-3. The molecule has 9 aromatic rings. The second-order valence-corrected chi connectivity index (χ2v) is 25.2. The van der Waals surface area contributed by atoms with E-state index < -0.39 is 23.5 Å². The first-order valence-corrected chi connectivity index (χ1v) is 29.6. The molecular formula is C53H39AlCl7N9O5. The molecule has 378 valence electrons. The van der Waals surface area contributed by atoms with Gasteiger partial charge in [-0.2, -0.15) is 0 Å². The van der Waals surface area contributed by atoms with Crippen LogP contribution < -0.4 is 21.0 Å². The molecule has 1 amide bonds. The first-order valence-electron chi connectivity index (χ1n) is 22.9. The smallest absolute Gasteiger partial charge is 0.497 e. The minimum absolute atomic E-state index is 0.00239. The zero-order valence-electron chi connectivity index (χ0n) is 39.2. The molecule has 0 bridgehead atoms. The Labute approximate surface area is 464 Å². The minimum atomic E-state index is -1.72. The van der Waals surface area contributed by atoms with E-state index in [0.717, 1.165) is 33.6 Å². The Balaban J connectivity index is 0.000000176. The number of carbonyl (C=O) groups excluding carboxylic acids is 2. The van der Waals surface area contributed by atoms with Gasteiger partial charge < -0.3 is 19.6 Å². The summed E-state index contributed by atoms with van der Waals surface area (Å²) in [5.41, 5.74) is 9.30. The van der Waals surface area contributed by atoms with Gasteiger partial charge in [-0.15, -0.1) is 0 Å². The number of Topliss-reactive ketones (excluding diaryl/α,β-unsaturated/α-hetero) is 1. The fourth-order valence-electron chi connectivity index (χ4n) is 8.71. The Morgan fingerprint density at radius 3 is 1.68 bits per heavy atom. The number of nitrogens with zero attached hydrogens (tertiary/aromatic N) is 5. The van der Waals surface area contributed by atoms with Crippen molar-refractivity contribution in [3.63, 3.8) is 0 Å². The molecule has 22 heteroatoms. The van der Waals surface area contributed by atoms with Crippen LogP contribution in [0.4, 0.5) is 5.69 Å². The van der Waals surface area contributed by atoms with E-state index in [1.54, 1.807) is 66.9 Å². The lowest BCUT2D eigenvalue weighted by Gasteiger charge is -2.26. The molecule has 5 aromatic carbocycles. The van der Waals surface area contributed by atoms with E-state index in [0.29, 0.717) is 95.6 Å². The molecule has 4 N–H and O–H groups in total. The molecule has 14 nitrogen and oxygen atoms in total. The van der Waals surface area contributed by atoms with E-state index in [9.17, 15) is 19.2 Å². The van der Waals surface area contributed by atoms with E-state index in [2.05, 4.69) is 29.9 Å². The average Bonchev–Trinajstić information content (AvgIpc) is 3.90. The number of ketones is 1. The zero-order valence-corrected chi connectivity index (χ0v) is 45.6. The first-order chi connectivity index (χ1) is 36.1. The highest BCUT2D eigenvalue weighted by Crippen LogP contribution is 2.34. The highest BCUT2D eigenvalue weighted by Gasteiger charge is 2.34. The molecule has 2 aliphatic heterocycles. The lowest BCUT2D eigenvalue weighted by molar-refractivity contribution is -0.120. The molecule has 0 spiro atoms. The number of aromatic amines is 4. The number of aromatic nitrogens is 6. The number of hydrogen-bond donors (Lipinski definition) is 4. The minimum Gasteiger partial charge on any atom is -0.497 e. The highest BCUT2D eigenvalue weighted by molar-refractivity contribution is 7.54. The van der Waals surface area contributed by atoms with Crippen LogP contribution in [0.3, 0.4) is 0 Å². The second-order valence-electron chi connectivity index (χ2n) is 17.1. The molecular weight excluding hydrogens is 1120 g/mol. The molecule has 6 heterocycles. The van der Waals surface area contributed by atoms with Crippen molar-refractivity contribution in [2.24, 2.45) is 9.98 Å². The molecule has 0 radical (unpaired) electrons. The van der Waals surface area contributed by atoms with Crippen molar-refractivity contribution in [3.05, 3.63) is 219 Å². The molecule has 0 fully saturated rings. The number of anilines is 1. The molecule has 2 aliphatic rings. The summed E-state index contributed by atoms with van der Waals surface area (Å²) in [4.78, 5) is 82.1. The summed E-state index contributed by atoms with van der Waals surface area (Å²) in [6.45, 7) is 0.307. The Morgan fingerprint density at radius 1 is 0.613 bits per heavy atom. The van der Waals surface area contributed by atoms with Crippen molar-refractivity contribution < 1.29 is 14.3 Å². The fourth-order valence-corrected chi connectivity index (χ4v) is 9.48. The number of aliphatic imine (C=N–C) groups is 2. The van der Waals surface area contributed by atoms with E-state index in [1.807, 2.05) is 78.9 Å². The number of rotatable bonds is 9. The van der Waals surface area contributed by atoms with Crippen LogP contribution >= 0.6 is 76.6 Å². The monoisotopic (exact) mass is 1150 g/mol. The molecule has 0 saturated heterocycles. The van der Waals surface area contributed by atoms with Crippen LogP contribution in [0, 0.1) is 0 Å². The number of fused-ring (bicyclic) bond motifs is 4. The van der Waals surface area contributed by atoms with Gasteiger partial charge in [0, 0.05) is 74.0 Å². The van der Waals surface area contributed by atoms with Gasteiger partial charge in [-0.3, -0.25) is 29.5 Å². The number of nitrogens with one attached hydrogen (secondary N) is 4. The van der Waals surface area contributed by atoms with Crippen LogP contribution in [-0.2, 0) is 35.4 Å². The van der Waals surface area contributed by atoms with Crippen molar-refractivity contribution in [2.45, 2.75) is 37.9 Å². The van der Waals surface area contributed by atoms with Gasteiger partial charge in [0.15, 0.2) is 17.1 Å². The lowest BCUT2D eigenvalue weighted by atomic mass is 9.95. The average molecular weight is 1160 g/mol. The number of hydrogen-bond acceptors (Lipinski definition) is 9. The van der Waals surface area contributed by atoms with Gasteiger partial charge >= 0.3 is 22.8 Å². The number of imidazole rings is 2. The summed E-state index contributed by atoms with van der Waals surface area (Å²) < 4.78 is 5.30. The number of ether oxygens (including phenoxy) is 1. The quantitative estimate of drug-likeness (QED) is 0.103. The summed E-state index contributed by atoms with van der Waals surface area (Å²) in [6, 6.07) is 35.5. The number of amides is 1. The van der Waals surface area contributed by atoms with Gasteiger partial charge in [0.1, 0.15) is 17.8 Å². The van der Waals surface area contributed by atoms with Crippen LogP contribution in [0.1, 0.15) is 44.5 Å². The third kappa shape index (κ3) is 12.7. The van der Waals surface area contributed by atoms with Crippen molar-refractivity contribution in [1.29, 1.82) is 0 Å². The van der Waals surface area contributed by atoms with Crippen molar-refractivity contribution in [2.75, 3.05) is 12.0 Å². The number of halogens is 7. The van der Waals surface area contributed by atoms with Crippen LogP contribution in [-0.4, -0.2) is 83.6 Å². The molecule has 4 aromatic heterocycles. The van der Waals surface area contributed by atoms with E-state index in [-0.39, 0.29) is 29.5 Å². The van der Waals surface area contributed by atoms with Gasteiger partial charge in [-0.05, 0) is 89.0 Å². The number of benzene rings is 5. The summed E-state index contributed by atoms with van der Waals surface area (Å²) in [5.74, 6) is 0.548. The fraction of sp³-hybridized carbons (Fsp3) is 0.132. The number of H-pyrrole nitrogens is 4. The third-order valence-electron chi connectivity index (χ3n) is 12.2. The number of methoxy groups -OCH3 is 1. The maximum Gasteiger partial charge on any atom is 0.643 e. The Kier molecular flexibility index (Phi) is 17.0. The molecule has 0 aliphatic carbocycles. The largest absolute Gasteiger partial charge is 0.643 e. The van der Waals surface area contributed by atoms with Crippen molar-refractivity contribution >= 4 is 139 Å². The van der Waals surface area contributed by atoms with E-state index in [1.165, 1.54) is 0 Å². The van der Waals surface area contributed by atoms with Crippen LogP contribution in [0.15, 0.2) is 153 Å². The Bertz CT molecular complexity index is 3800. The summed E-state index contributed by atoms with van der Waals surface area (Å²) >= 11 is 23.9. The lowest BCUT2D eigenvalue weighted by Crippen LogP contribution is -2.38. The molecule has 2 atom stereocenters. The van der Waals surface area contributed by atoms with Crippen LogP contribution in [0.25, 0.3) is 22.3 Å². The predicted molar refractivity (Wildman–Crippen MR) is 302 cm³/mol. The highest BCUT2D eigenvalue weighted by atomic mass is 35.8. The second kappa shape index (κ2) is 23.8. The summed E-state index contributed by atoms with van der Waals surface area (Å²) in [5, 5.41) is 2.21. The first kappa shape index (κ1) is 53.6. The maximum atomic E-state index is 14.3. The summed E-state index contributed by atoms with van der Waals surface area (Å²) in [7, 11) is 16.4. The topological polar surface area (TPSA) is 194 Å². The maximum absolute atomic E-state index is 14.3. The van der Waals surface area contributed by atoms with Gasteiger partial charge in [-0.1, -0.05) is 101 Å². The molecule has 75 heavy (non-hydrogen) atoms.